The minimum atomic E-state index is -1.21. The lowest BCUT2D eigenvalue weighted by molar-refractivity contribution is 0.0942. The monoisotopic (exact) mass is 635 g/mol. The number of hydrogen-bond acceptors (Lipinski definition) is 7. The van der Waals surface area contributed by atoms with E-state index in [0.29, 0.717) is 19.4 Å². The summed E-state index contributed by atoms with van der Waals surface area (Å²) in [6, 6.07) is 8.54. The van der Waals surface area contributed by atoms with Crippen LogP contribution in [-0.4, -0.2) is 67.5 Å². The van der Waals surface area contributed by atoms with Crippen molar-refractivity contribution < 1.29 is 14.6 Å². The lowest BCUT2D eigenvalue weighted by atomic mass is 9.79. The summed E-state index contributed by atoms with van der Waals surface area (Å²) in [7, 11) is -2.42. The molecule has 1 unspecified atom stereocenters. The van der Waals surface area contributed by atoms with Gasteiger partial charge in [-0.15, -0.1) is 0 Å². The van der Waals surface area contributed by atoms with E-state index in [-0.39, 0.29) is 0 Å². The van der Waals surface area contributed by atoms with Crippen molar-refractivity contribution in [2.24, 2.45) is 11.8 Å². The van der Waals surface area contributed by atoms with Crippen LogP contribution in [0.3, 0.4) is 0 Å². The third kappa shape index (κ3) is 7.63. The van der Waals surface area contributed by atoms with E-state index in [1.807, 2.05) is 23.0 Å². The zero-order valence-electron chi connectivity index (χ0n) is 27.8. The molecule has 3 aromatic heterocycles. The molecule has 240 valence electrons. The summed E-state index contributed by atoms with van der Waals surface area (Å²) in [6.07, 6.45) is 11.9. The SMILES string of the molecule is C[Si](C)(C)CCOCN(COCC[Si](C)(C)C)c1cc(C2C[C@H]3CC[C@@H](C2)C3)nc2c(-c3ccc(C4(O)CC4)nc3)cnn12. The van der Waals surface area contributed by atoms with Crippen LogP contribution in [0.2, 0.25) is 51.4 Å². The number of anilines is 1. The summed E-state index contributed by atoms with van der Waals surface area (Å²) in [6.45, 7) is 16.8. The second-order valence-electron chi connectivity index (χ2n) is 16.2. The van der Waals surface area contributed by atoms with Crippen LogP contribution in [0, 0.1) is 11.8 Å². The van der Waals surface area contributed by atoms with Crippen LogP contribution in [0.15, 0.2) is 30.6 Å². The highest BCUT2D eigenvalue weighted by molar-refractivity contribution is 6.76. The Morgan fingerprint density at radius 1 is 0.909 bits per heavy atom. The van der Waals surface area contributed by atoms with Crippen LogP contribution in [0.1, 0.15) is 62.3 Å². The van der Waals surface area contributed by atoms with Crippen LogP contribution in [0.4, 0.5) is 5.82 Å². The van der Waals surface area contributed by atoms with Crippen molar-refractivity contribution in [1.29, 1.82) is 0 Å². The van der Waals surface area contributed by atoms with Crippen molar-refractivity contribution in [1.82, 2.24) is 19.6 Å². The number of nitrogens with zero attached hydrogens (tertiary/aromatic N) is 5. The zero-order valence-corrected chi connectivity index (χ0v) is 29.8. The number of aliphatic hydroxyl groups is 1. The fraction of sp³-hybridized carbons (Fsp3) is 0.676. The number of pyridine rings is 1. The van der Waals surface area contributed by atoms with E-state index in [2.05, 4.69) is 61.3 Å². The largest absolute Gasteiger partial charge is 0.384 e. The summed E-state index contributed by atoms with van der Waals surface area (Å²) >= 11 is 0. The Kier molecular flexibility index (Phi) is 9.11. The molecule has 3 heterocycles. The van der Waals surface area contributed by atoms with Crippen LogP contribution in [-0.2, 0) is 15.1 Å². The van der Waals surface area contributed by atoms with E-state index in [0.717, 1.165) is 84.0 Å². The van der Waals surface area contributed by atoms with Gasteiger partial charge in [-0.3, -0.25) is 4.98 Å². The minimum Gasteiger partial charge on any atom is -0.384 e. The Morgan fingerprint density at radius 3 is 2.09 bits per heavy atom. The van der Waals surface area contributed by atoms with E-state index < -0.39 is 21.7 Å². The van der Waals surface area contributed by atoms with Crippen LogP contribution >= 0.6 is 0 Å². The summed E-state index contributed by atoms with van der Waals surface area (Å²) in [4.78, 5) is 12.2. The number of rotatable bonds is 14. The van der Waals surface area contributed by atoms with Gasteiger partial charge in [0, 0.05) is 64.4 Å². The first-order valence-corrected chi connectivity index (χ1v) is 24.3. The molecule has 1 N–H and O–H groups in total. The van der Waals surface area contributed by atoms with Gasteiger partial charge in [0.2, 0.25) is 0 Å². The summed E-state index contributed by atoms with van der Waals surface area (Å²) < 4.78 is 14.7. The fourth-order valence-electron chi connectivity index (χ4n) is 6.83. The molecule has 8 nitrogen and oxygen atoms in total. The van der Waals surface area contributed by atoms with E-state index in [9.17, 15) is 5.11 Å². The van der Waals surface area contributed by atoms with E-state index >= 15 is 0 Å². The quantitative estimate of drug-likeness (QED) is 0.112. The lowest BCUT2D eigenvalue weighted by Crippen LogP contribution is -2.33. The average Bonchev–Trinajstić information content (AvgIpc) is 3.43. The molecule has 0 aliphatic heterocycles. The van der Waals surface area contributed by atoms with E-state index in [1.165, 1.54) is 32.1 Å². The highest BCUT2D eigenvalue weighted by Crippen LogP contribution is 2.48. The van der Waals surface area contributed by atoms with Gasteiger partial charge in [-0.2, -0.15) is 9.61 Å². The second-order valence-corrected chi connectivity index (χ2v) is 27.5. The van der Waals surface area contributed by atoms with Gasteiger partial charge in [0.15, 0.2) is 5.65 Å². The van der Waals surface area contributed by atoms with Crippen molar-refractivity contribution in [3.63, 3.8) is 0 Å². The highest BCUT2D eigenvalue weighted by Gasteiger charge is 2.43. The molecule has 3 aromatic rings. The smallest absolute Gasteiger partial charge is 0.165 e. The number of fused-ring (bicyclic) bond motifs is 3. The molecule has 10 heteroatoms. The van der Waals surface area contributed by atoms with Crippen LogP contribution in [0.5, 0.6) is 0 Å². The van der Waals surface area contributed by atoms with Gasteiger partial charge in [0.25, 0.3) is 0 Å². The van der Waals surface area contributed by atoms with Crippen molar-refractivity contribution in [2.45, 2.75) is 108 Å². The van der Waals surface area contributed by atoms with Gasteiger partial charge in [0.1, 0.15) is 24.9 Å². The van der Waals surface area contributed by atoms with Crippen molar-refractivity contribution in [2.75, 3.05) is 31.6 Å². The Morgan fingerprint density at radius 2 is 1.55 bits per heavy atom. The maximum atomic E-state index is 10.6. The number of hydrogen-bond donors (Lipinski definition) is 1. The summed E-state index contributed by atoms with van der Waals surface area (Å²) in [5.41, 5.74) is 3.96. The van der Waals surface area contributed by atoms with Gasteiger partial charge in [-0.05, 0) is 62.1 Å². The molecule has 0 spiro atoms. The van der Waals surface area contributed by atoms with Gasteiger partial charge in [0.05, 0.1) is 11.9 Å². The molecular formula is C34H53N5O3Si2. The molecule has 6 rings (SSSR count). The van der Waals surface area contributed by atoms with Crippen LogP contribution < -0.4 is 4.90 Å². The molecular weight excluding hydrogens is 583 g/mol. The van der Waals surface area contributed by atoms with Crippen molar-refractivity contribution in [3.05, 3.63) is 42.0 Å². The second kappa shape index (κ2) is 12.6. The number of ether oxygens (including phenoxy) is 2. The molecule has 3 saturated carbocycles. The summed E-state index contributed by atoms with van der Waals surface area (Å²) in [5.74, 6) is 3.08. The average molecular weight is 636 g/mol. The Balaban J connectivity index is 1.35. The third-order valence-corrected chi connectivity index (χ3v) is 13.3. The minimum absolute atomic E-state index is 0.454. The Labute approximate surface area is 265 Å². The molecule has 3 atom stereocenters. The molecule has 0 saturated heterocycles. The standard InChI is InChI=1S/C34H53N5O3Si2/c1-43(2,3)15-13-41-23-38(24-42-14-16-44(4,5)6)32-20-30(28-18-25-7-8-26(17-25)19-28)37-33-29(22-36-39(32)33)27-9-10-31(35-21-27)34(40)11-12-34/h9-10,20-22,25-26,28,40H,7-8,11-19,23-24H2,1-6H3/t25-,26+,28?. The Bertz CT molecular complexity index is 1390. The van der Waals surface area contributed by atoms with E-state index in [1.54, 1.807) is 0 Å². The van der Waals surface area contributed by atoms with Crippen molar-refractivity contribution in [3.8, 4) is 11.1 Å². The zero-order chi connectivity index (χ0) is 31.1. The molecule has 0 aromatic carbocycles. The summed E-state index contributed by atoms with van der Waals surface area (Å²) in [5, 5.41) is 15.5. The molecule has 3 fully saturated rings. The first kappa shape index (κ1) is 31.8. The maximum absolute atomic E-state index is 10.6. The molecule has 3 aliphatic carbocycles. The lowest BCUT2D eigenvalue weighted by Gasteiger charge is -2.30. The molecule has 3 aliphatic rings. The predicted molar refractivity (Wildman–Crippen MR) is 183 cm³/mol. The predicted octanol–water partition coefficient (Wildman–Crippen LogP) is 7.50. The van der Waals surface area contributed by atoms with Gasteiger partial charge < -0.3 is 19.5 Å². The molecule has 2 bridgehead atoms. The Hall–Kier alpha value is -2.12. The molecule has 0 amide bonds. The third-order valence-electron chi connectivity index (χ3n) is 9.86. The van der Waals surface area contributed by atoms with Crippen molar-refractivity contribution >= 4 is 27.6 Å². The first-order chi connectivity index (χ1) is 20.9. The highest BCUT2D eigenvalue weighted by atomic mass is 28.3. The first-order valence-electron chi connectivity index (χ1n) is 16.9. The van der Waals surface area contributed by atoms with Gasteiger partial charge in [-0.25, -0.2) is 4.98 Å². The number of aromatic nitrogens is 4. The molecule has 0 radical (unpaired) electrons. The fourth-order valence-corrected chi connectivity index (χ4v) is 8.34. The molecule has 44 heavy (non-hydrogen) atoms. The normalized spacial score (nSPS) is 22.9. The maximum Gasteiger partial charge on any atom is 0.165 e. The van der Waals surface area contributed by atoms with Crippen LogP contribution in [0.25, 0.3) is 16.8 Å². The van der Waals surface area contributed by atoms with Gasteiger partial charge >= 0.3 is 0 Å². The van der Waals surface area contributed by atoms with Gasteiger partial charge in [-0.1, -0.05) is 58.2 Å². The van der Waals surface area contributed by atoms with E-state index in [4.69, 9.17) is 19.6 Å². The topological polar surface area (TPSA) is 85.0 Å².